The average Bonchev–Trinajstić information content (AvgIpc) is 2.40. The molecule has 0 bridgehead atoms. The highest BCUT2D eigenvalue weighted by Crippen LogP contribution is 2.45. The molecule has 124 valence electrons. The Kier molecular flexibility index (Phi) is 4.45. The predicted molar refractivity (Wildman–Crippen MR) is 46.4 cm³/mol. The standard InChI is InChI=1S/C10F12/c11-2-1(3(12)6(15)7(16)5(2)14)4(13)8(17)9(18,19)10(20,21)22. The van der Waals surface area contributed by atoms with E-state index < -0.39 is 58.4 Å². The molecule has 0 saturated heterocycles. The van der Waals surface area contributed by atoms with Gasteiger partial charge in [-0.25, -0.2) is 30.7 Å². The van der Waals surface area contributed by atoms with E-state index in [1.54, 1.807) is 0 Å². The van der Waals surface area contributed by atoms with Gasteiger partial charge in [0.05, 0.1) is 5.56 Å². The monoisotopic (exact) mass is 348 g/mol. The molecule has 0 radical (unpaired) electrons. The van der Waals surface area contributed by atoms with E-state index in [4.69, 9.17) is 0 Å². The Bertz CT molecular complexity index is 609. The molecule has 0 atom stereocenters. The minimum atomic E-state index is -6.71. The van der Waals surface area contributed by atoms with E-state index in [-0.39, 0.29) is 0 Å². The van der Waals surface area contributed by atoms with Crippen LogP contribution in [0.1, 0.15) is 5.56 Å². The summed E-state index contributed by atoms with van der Waals surface area (Å²) in [6.45, 7) is 0. The zero-order chi connectivity index (χ0) is 17.6. The molecule has 22 heavy (non-hydrogen) atoms. The summed E-state index contributed by atoms with van der Waals surface area (Å²) in [4.78, 5) is 0. The molecule has 0 spiro atoms. The van der Waals surface area contributed by atoms with Crippen LogP contribution < -0.4 is 0 Å². The van der Waals surface area contributed by atoms with Crippen LogP contribution >= 0.6 is 0 Å². The van der Waals surface area contributed by atoms with Gasteiger partial charge in [0.2, 0.25) is 11.6 Å². The fourth-order valence-electron chi connectivity index (χ4n) is 1.17. The van der Waals surface area contributed by atoms with E-state index in [0.29, 0.717) is 0 Å². The van der Waals surface area contributed by atoms with Crippen molar-refractivity contribution in [1.82, 2.24) is 0 Å². The normalized spacial score (nSPS) is 14.2. The highest BCUT2D eigenvalue weighted by atomic mass is 19.4. The molecule has 0 fully saturated rings. The molecule has 12 heteroatoms. The second kappa shape index (κ2) is 5.39. The van der Waals surface area contributed by atoms with Crippen molar-refractivity contribution in [3.63, 3.8) is 0 Å². The molecular formula is C10F12. The zero-order valence-electron chi connectivity index (χ0n) is 9.54. The summed E-state index contributed by atoms with van der Waals surface area (Å²) in [5.74, 6) is -28.9. The number of hydrogen-bond donors (Lipinski definition) is 0. The Hall–Kier alpha value is -1.88. The Balaban J connectivity index is 3.73. The van der Waals surface area contributed by atoms with Crippen molar-refractivity contribution in [3.8, 4) is 0 Å². The van der Waals surface area contributed by atoms with E-state index in [2.05, 4.69) is 0 Å². The molecule has 0 aliphatic carbocycles. The fourth-order valence-corrected chi connectivity index (χ4v) is 1.17. The van der Waals surface area contributed by atoms with Gasteiger partial charge >= 0.3 is 12.1 Å². The first-order valence-corrected chi connectivity index (χ1v) is 4.77. The smallest absolute Gasteiger partial charge is 0.203 e. The first-order valence-electron chi connectivity index (χ1n) is 4.77. The number of benzene rings is 1. The molecule has 0 amide bonds. The summed E-state index contributed by atoms with van der Waals surface area (Å²) < 4.78 is 150. The first kappa shape index (κ1) is 18.2. The van der Waals surface area contributed by atoms with Crippen molar-refractivity contribution in [2.45, 2.75) is 12.1 Å². The van der Waals surface area contributed by atoms with Crippen LogP contribution in [0.25, 0.3) is 5.83 Å². The minimum Gasteiger partial charge on any atom is -0.203 e. The van der Waals surface area contributed by atoms with Gasteiger partial charge in [-0.3, -0.25) is 0 Å². The molecule has 0 heterocycles. The second-order valence-electron chi connectivity index (χ2n) is 3.65. The molecule has 0 nitrogen and oxygen atoms in total. The lowest BCUT2D eigenvalue weighted by molar-refractivity contribution is -0.270. The van der Waals surface area contributed by atoms with Crippen LogP contribution in [0.5, 0.6) is 0 Å². The summed E-state index contributed by atoms with van der Waals surface area (Å²) in [6.07, 6.45) is -6.71. The molecule has 0 aliphatic heterocycles. The third-order valence-corrected chi connectivity index (χ3v) is 2.25. The van der Waals surface area contributed by atoms with Gasteiger partial charge < -0.3 is 0 Å². The fraction of sp³-hybridized carbons (Fsp3) is 0.200. The zero-order valence-corrected chi connectivity index (χ0v) is 9.54. The summed E-state index contributed by atoms with van der Waals surface area (Å²) in [6, 6.07) is 0. The molecule has 1 aromatic rings. The minimum absolute atomic E-state index is 2.84. The lowest BCUT2D eigenvalue weighted by atomic mass is 10.1. The molecule has 1 rings (SSSR count). The highest BCUT2D eigenvalue weighted by Gasteiger charge is 2.62. The Morgan fingerprint density at radius 2 is 0.909 bits per heavy atom. The summed E-state index contributed by atoms with van der Waals surface area (Å²) in [5, 5.41) is 0. The van der Waals surface area contributed by atoms with Crippen molar-refractivity contribution < 1.29 is 52.7 Å². The maximum absolute atomic E-state index is 13.2. The van der Waals surface area contributed by atoms with Crippen LogP contribution in [0.4, 0.5) is 52.7 Å². The summed E-state index contributed by atoms with van der Waals surface area (Å²) in [5.41, 5.74) is -2.88. The third-order valence-electron chi connectivity index (χ3n) is 2.25. The van der Waals surface area contributed by atoms with Gasteiger partial charge in [-0.2, -0.15) is 22.0 Å². The molecule has 0 aliphatic rings. The molecule has 0 saturated carbocycles. The summed E-state index contributed by atoms with van der Waals surface area (Å²) in [7, 11) is 0. The Morgan fingerprint density at radius 1 is 0.591 bits per heavy atom. The molecule has 0 unspecified atom stereocenters. The molecular weight excluding hydrogens is 348 g/mol. The molecule has 0 aromatic heterocycles. The lowest BCUT2D eigenvalue weighted by Gasteiger charge is -2.18. The number of halogens is 12. The maximum Gasteiger partial charge on any atom is 0.460 e. The lowest BCUT2D eigenvalue weighted by Crippen LogP contribution is -2.37. The van der Waals surface area contributed by atoms with Crippen LogP contribution in [0, 0.1) is 29.1 Å². The van der Waals surface area contributed by atoms with E-state index >= 15 is 0 Å². The Morgan fingerprint density at radius 3 is 1.23 bits per heavy atom. The van der Waals surface area contributed by atoms with Gasteiger partial charge in [-0.05, 0) is 0 Å². The summed E-state index contributed by atoms with van der Waals surface area (Å²) >= 11 is 0. The quantitative estimate of drug-likeness (QED) is 0.392. The SMILES string of the molecule is FC(=C(F)C(F)(F)C(F)(F)F)c1c(F)c(F)c(F)c(F)c1F. The van der Waals surface area contributed by atoms with Crippen LogP contribution in [0.2, 0.25) is 0 Å². The van der Waals surface area contributed by atoms with E-state index in [1.807, 2.05) is 0 Å². The average molecular weight is 348 g/mol. The van der Waals surface area contributed by atoms with Crippen molar-refractivity contribution in [3.05, 3.63) is 40.5 Å². The van der Waals surface area contributed by atoms with E-state index in [0.717, 1.165) is 0 Å². The van der Waals surface area contributed by atoms with Gasteiger partial charge in [0.15, 0.2) is 29.1 Å². The van der Waals surface area contributed by atoms with E-state index in [9.17, 15) is 52.7 Å². The van der Waals surface area contributed by atoms with Crippen LogP contribution in [-0.4, -0.2) is 12.1 Å². The van der Waals surface area contributed by atoms with Crippen molar-refractivity contribution in [2.24, 2.45) is 0 Å². The van der Waals surface area contributed by atoms with Gasteiger partial charge in [0.1, 0.15) is 0 Å². The van der Waals surface area contributed by atoms with Crippen molar-refractivity contribution in [1.29, 1.82) is 0 Å². The maximum atomic E-state index is 13.2. The van der Waals surface area contributed by atoms with Gasteiger partial charge in [-0.15, -0.1) is 0 Å². The third kappa shape index (κ3) is 2.61. The van der Waals surface area contributed by atoms with E-state index in [1.165, 1.54) is 0 Å². The van der Waals surface area contributed by atoms with Crippen molar-refractivity contribution >= 4 is 5.83 Å². The number of alkyl halides is 5. The van der Waals surface area contributed by atoms with Gasteiger partial charge in [-0.1, -0.05) is 0 Å². The predicted octanol–water partition coefficient (Wildman–Crippen LogP) is 5.19. The molecule has 1 aromatic carbocycles. The topological polar surface area (TPSA) is 0 Å². The largest absolute Gasteiger partial charge is 0.460 e. The van der Waals surface area contributed by atoms with Crippen molar-refractivity contribution in [2.75, 3.05) is 0 Å². The second-order valence-corrected chi connectivity index (χ2v) is 3.65. The number of allylic oxidation sites excluding steroid dienone is 1. The van der Waals surface area contributed by atoms with Crippen LogP contribution in [-0.2, 0) is 0 Å². The molecule has 0 N–H and O–H groups in total. The van der Waals surface area contributed by atoms with Crippen LogP contribution in [0.15, 0.2) is 5.83 Å². The highest BCUT2D eigenvalue weighted by molar-refractivity contribution is 5.64. The van der Waals surface area contributed by atoms with Gasteiger partial charge in [0.25, 0.3) is 0 Å². The number of hydrogen-bond acceptors (Lipinski definition) is 0. The van der Waals surface area contributed by atoms with Gasteiger partial charge in [0, 0.05) is 0 Å². The van der Waals surface area contributed by atoms with Crippen LogP contribution in [0.3, 0.4) is 0 Å². The first-order chi connectivity index (χ1) is 9.75. The Labute approximate surface area is 112 Å². The number of rotatable bonds is 2.